The van der Waals surface area contributed by atoms with Crippen LogP contribution in [-0.4, -0.2) is 47.8 Å². The third-order valence-corrected chi connectivity index (χ3v) is 4.70. The Kier molecular flexibility index (Phi) is 5.66. The Balaban J connectivity index is 1.58. The number of hydrogen-bond donors (Lipinski definition) is 0. The van der Waals surface area contributed by atoms with Gasteiger partial charge >= 0.3 is 0 Å². The van der Waals surface area contributed by atoms with E-state index in [0.717, 1.165) is 17.5 Å². The summed E-state index contributed by atoms with van der Waals surface area (Å²) >= 11 is 0. The molecule has 2 aromatic carbocycles. The number of rotatable bonds is 3. The maximum atomic E-state index is 13.0. The van der Waals surface area contributed by atoms with E-state index in [1.807, 2.05) is 36.1 Å². The fourth-order valence-electron chi connectivity index (χ4n) is 3.14. The van der Waals surface area contributed by atoms with E-state index in [2.05, 4.69) is 0 Å². The SMILES string of the molecule is Cc1ccc(C(=O)N2CCCN(C(=O)Cc3ccc(F)cc3)CC2)cc1. The first-order valence-corrected chi connectivity index (χ1v) is 8.91. The van der Waals surface area contributed by atoms with Crippen LogP contribution in [0.15, 0.2) is 48.5 Å². The zero-order valence-corrected chi connectivity index (χ0v) is 15.0. The molecule has 3 rings (SSSR count). The van der Waals surface area contributed by atoms with Crippen molar-refractivity contribution in [3.63, 3.8) is 0 Å². The summed E-state index contributed by atoms with van der Waals surface area (Å²) in [4.78, 5) is 28.8. The molecular formula is C21H23FN2O2. The summed E-state index contributed by atoms with van der Waals surface area (Å²) in [5, 5.41) is 0. The standard InChI is InChI=1S/C21H23FN2O2/c1-16-3-7-18(8-4-16)21(26)24-12-2-11-23(13-14-24)20(25)15-17-5-9-19(22)10-6-17/h3-10H,2,11-15H2,1H3. The highest BCUT2D eigenvalue weighted by atomic mass is 19.1. The number of hydrogen-bond acceptors (Lipinski definition) is 2. The first kappa shape index (κ1) is 18.1. The van der Waals surface area contributed by atoms with Crippen LogP contribution in [0.3, 0.4) is 0 Å². The van der Waals surface area contributed by atoms with Crippen LogP contribution in [0.5, 0.6) is 0 Å². The van der Waals surface area contributed by atoms with Crippen molar-refractivity contribution in [2.24, 2.45) is 0 Å². The lowest BCUT2D eigenvalue weighted by atomic mass is 10.1. The molecule has 0 aromatic heterocycles. The van der Waals surface area contributed by atoms with Crippen LogP contribution < -0.4 is 0 Å². The van der Waals surface area contributed by atoms with Gasteiger partial charge in [0.15, 0.2) is 0 Å². The molecule has 0 unspecified atom stereocenters. The van der Waals surface area contributed by atoms with Crippen molar-refractivity contribution in [2.75, 3.05) is 26.2 Å². The first-order valence-electron chi connectivity index (χ1n) is 8.91. The third-order valence-electron chi connectivity index (χ3n) is 4.70. The number of carbonyl (C=O) groups excluding carboxylic acids is 2. The fraction of sp³-hybridized carbons (Fsp3) is 0.333. The van der Waals surface area contributed by atoms with E-state index in [-0.39, 0.29) is 24.1 Å². The number of benzene rings is 2. The average Bonchev–Trinajstić information content (AvgIpc) is 2.90. The van der Waals surface area contributed by atoms with Crippen LogP contribution in [0, 0.1) is 12.7 Å². The Morgan fingerprint density at radius 1 is 0.885 bits per heavy atom. The van der Waals surface area contributed by atoms with E-state index in [0.29, 0.717) is 31.7 Å². The normalized spacial score (nSPS) is 14.8. The van der Waals surface area contributed by atoms with Crippen molar-refractivity contribution in [1.29, 1.82) is 0 Å². The predicted molar refractivity (Wildman–Crippen MR) is 98.4 cm³/mol. The highest BCUT2D eigenvalue weighted by molar-refractivity contribution is 5.94. The predicted octanol–water partition coefficient (Wildman–Crippen LogP) is 3.05. The molecule has 1 heterocycles. The second-order valence-electron chi connectivity index (χ2n) is 6.70. The molecule has 0 N–H and O–H groups in total. The van der Waals surface area contributed by atoms with Crippen molar-refractivity contribution in [1.82, 2.24) is 9.80 Å². The highest BCUT2D eigenvalue weighted by Crippen LogP contribution is 2.12. The van der Waals surface area contributed by atoms with E-state index in [9.17, 15) is 14.0 Å². The van der Waals surface area contributed by atoms with E-state index in [4.69, 9.17) is 0 Å². The highest BCUT2D eigenvalue weighted by Gasteiger charge is 2.22. The molecule has 0 saturated carbocycles. The summed E-state index contributed by atoms with van der Waals surface area (Å²) in [6, 6.07) is 13.6. The van der Waals surface area contributed by atoms with Crippen LogP contribution in [0.2, 0.25) is 0 Å². The summed E-state index contributed by atoms with van der Waals surface area (Å²) in [5.74, 6) is -0.277. The topological polar surface area (TPSA) is 40.6 Å². The maximum Gasteiger partial charge on any atom is 0.253 e. The molecule has 0 spiro atoms. The summed E-state index contributed by atoms with van der Waals surface area (Å²) < 4.78 is 13.0. The third kappa shape index (κ3) is 4.48. The van der Waals surface area contributed by atoms with Gasteiger partial charge in [-0.1, -0.05) is 29.8 Å². The number of nitrogens with zero attached hydrogens (tertiary/aromatic N) is 2. The molecule has 5 heteroatoms. The number of amides is 2. The lowest BCUT2D eigenvalue weighted by Crippen LogP contribution is -2.38. The maximum absolute atomic E-state index is 13.0. The van der Waals surface area contributed by atoms with Crippen molar-refractivity contribution in [3.05, 3.63) is 71.0 Å². The molecule has 26 heavy (non-hydrogen) atoms. The molecule has 4 nitrogen and oxygen atoms in total. The molecule has 0 bridgehead atoms. The molecule has 1 fully saturated rings. The van der Waals surface area contributed by atoms with Gasteiger partial charge in [-0.3, -0.25) is 9.59 Å². The zero-order valence-electron chi connectivity index (χ0n) is 15.0. The lowest BCUT2D eigenvalue weighted by molar-refractivity contribution is -0.130. The van der Waals surface area contributed by atoms with Crippen LogP contribution in [0.1, 0.15) is 27.9 Å². The Labute approximate surface area is 153 Å². The summed E-state index contributed by atoms with van der Waals surface area (Å²) in [7, 11) is 0. The minimum Gasteiger partial charge on any atom is -0.341 e. The molecule has 0 radical (unpaired) electrons. The number of carbonyl (C=O) groups is 2. The van der Waals surface area contributed by atoms with Gasteiger partial charge in [0.2, 0.25) is 5.91 Å². The summed E-state index contributed by atoms with van der Waals surface area (Å²) in [5.41, 5.74) is 2.60. The molecule has 1 aliphatic rings. The second-order valence-corrected chi connectivity index (χ2v) is 6.70. The number of halogens is 1. The minimum absolute atomic E-state index is 0.0119. The molecular weight excluding hydrogens is 331 g/mol. The van der Waals surface area contributed by atoms with Crippen molar-refractivity contribution < 1.29 is 14.0 Å². The van der Waals surface area contributed by atoms with Crippen LogP contribution >= 0.6 is 0 Å². The van der Waals surface area contributed by atoms with Gasteiger partial charge in [0.05, 0.1) is 6.42 Å². The van der Waals surface area contributed by atoms with Crippen molar-refractivity contribution in [3.8, 4) is 0 Å². The number of aryl methyl sites for hydroxylation is 1. The molecule has 1 aliphatic heterocycles. The zero-order chi connectivity index (χ0) is 18.5. The van der Waals surface area contributed by atoms with Crippen LogP contribution in [0.4, 0.5) is 4.39 Å². The van der Waals surface area contributed by atoms with Gasteiger partial charge in [-0.2, -0.15) is 0 Å². The van der Waals surface area contributed by atoms with Crippen molar-refractivity contribution in [2.45, 2.75) is 19.8 Å². The largest absolute Gasteiger partial charge is 0.341 e. The van der Waals surface area contributed by atoms with Gasteiger partial charge in [0.1, 0.15) is 5.82 Å². The fourth-order valence-corrected chi connectivity index (χ4v) is 3.14. The Morgan fingerprint density at radius 3 is 2.19 bits per heavy atom. The summed E-state index contributed by atoms with van der Waals surface area (Å²) in [6.45, 7) is 4.33. The van der Waals surface area contributed by atoms with Gasteiger partial charge in [0.25, 0.3) is 5.91 Å². The van der Waals surface area contributed by atoms with E-state index in [1.165, 1.54) is 12.1 Å². The average molecular weight is 354 g/mol. The minimum atomic E-state index is -0.304. The van der Waals surface area contributed by atoms with Gasteiger partial charge in [0, 0.05) is 31.7 Å². The van der Waals surface area contributed by atoms with Gasteiger partial charge in [-0.15, -0.1) is 0 Å². The van der Waals surface area contributed by atoms with Crippen molar-refractivity contribution >= 4 is 11.8 Å². The van der Waals surface area contributed by atoms with E-state index < -0.39 is 0 Å². The quantitative estimate of drug-likeness (QED) is 0.850. The molecule has 0 aliphatic carbocycles. The van der Waals surface area contributed by atoms with Crippen LogP contribution in [-0.2, 0) is 11.2 Å². The Morgan fingerprint density at radius 2 is 1.50 bits per heavy atom. The Hall–Kier alpha value is -2.69. The van der Waals surface area contributed by atoms with E-state index >= 15 is 0 Å². The molecule has 2 amide bonds. The smallest absolute Gasteiger partial charge is 0.253 e. The van der Waals surface area contributed by atoms with Crippen LogP contribution in [0.25, 0.3) is 0 Å². The molecule has 0 atom stereocenters. The molecule has 1 saturated heterocycles. The second kappa shape index (κ2) is 8.13. The summed E-state index contributed by atoms with van der Waals surface area (Å²) in [6.07, 6.45) is 1.01. The van der Waals surface area contributed by atoms with Gasteiger partial charge in [-0.05, 0) is 43.2 Å². The lowest BCUT2D eigenvalue weighted by Gasteiger charge is -2.22. The first-order chi connectivity index (χ1) is 12.5. The molecule has 136 valence electrons. The van der Waals surface area contributed by atoms with Gasteiger partial charge < -0.3 is 9.80 Å². The van der Waals surface area contributed by atoms with E-state index in [1.54, 1.807) is 17.0 Å². The molecule has 2 aromatic rings. The Bertz CT molecular complexity index is 772. The van der Waals surface area contributed by atoms with Gasteiger partial charge in [-0.25, -0.2) is 4.39 Å². The monoisotopic (exact) mass is 354 g/mol.